The normalized spacial score (nSPS) is 17.4. The lowest BCUT2D eigenvalue weighted by molar-refractivity contribution is -0.915. The molecular weight excluding hydrogens is 822 g/mol. The van der Waals surface area contributed by atoms with Gasteiger partial charge in [-0.2, -0.15) is 5.01 Å². The molecule has 3 N–H and O–H groups in total. The first-order chi connectivity index (χ1) is 26.9. The fourth-order valence-electron chi connectivity index (χ4n) is 7.03. The number of aromatic nitrogens is 4. The van der Waals surface area contributed by atoms with Crippen LogP contribution >= 0.6 is 0 Å². The fourth-order valence-corrected chi connectivity index (χ4v) is 7.03. The number of carbonyl (C=O) groups excluding carboxylic acids is 3. The van der Waals surface area contributed by atoms with E-state index in [2.05, 4.69) is 25.9 Å². The van der Waals surface area contributed by atoms with Crippen molar-refractivity contribution in [2.45, 2.75) is 78.3 Å². The number of halogens is 3. The first-order valence-corrected chi connectivity index (χ1v) is 18.5. The molecule has 310 valence electrons. The summed E-state index contributed by atoms with van der Waals surface area (Å²) in [5.74, 6) is -2.01. The minimum Gasteiger partial charge on any atom is -1.00 e. The van der Waals surface area contributed by atoms with Gasteiger partial charge in [0.05, 0.1) is 11.7 Å². The van der Waals surface area contributed by atoms with Gasteiger partial charge >= 0.3 is 18.1 Å². The highest BCUT2D eigenvalue weighted by atomic mass is 79.9. The first kappa shape index (κ1) is 43.6. The summed E-state index contributed by atoms with van der Waals surface area (Å²) in [5.41, 5.74) is 0.756. The Morgan fingerprint density at radius 3 is 2.29 bits per heavy atom. The maximum atomic E-state index is 15.5. The van der Waals surface area contributed by atoms with E-state index in [1.54, 1.807) is 63.2 Å². The number of benzene rings is 3. The number of alkyl carbamates (subject to hydrolysis) is 1. The molecule has 1 fully saturated rings. The van der Waals surface area contributed by atoms with Crippen molar-refractivity contribution in [3.8, 4) is 11.4 Å². The highest BCUT2D eigenvalue weighted by molar-refractivity contribution is 5.94. The Morgan fingerprint density at radius 1 is 1.00 bits per heavy atom. The van der Waals surface area contributed by atoms with Gasteiger partial charge in [0.15, 0.2) is 18.6 Å². The number of tetrazole rings is 1. The van der Waals surface area contributed by atoms with Gasteiger partial charge in [0.25, 0.3) is 0 Å². The maximum absolute atomic E-state index is 15.5. The zero-order chi connectivity index (χ0) is 41.2. The minimum absolute atomic E-state index is 0. The molecule has 2 aliphatic rings. The van der Waals surface area contributed by atoms with Gasteiger partial charge in [-0.3, -0.25) is 4.90 Å². The first-order valence-electron chi connectivity index (χ1n) is 18.5. The van der Waals surface area contributed by atoms with E-state index in [0.717, 1.165) is 17.7 Å². The van der Waals surface area contributed by atoms with E-state index < -0.39 is 47.0 Å². The number of nitrogens with zero attached hydrogens (tertiary/aromatic N) is 8. The molecule has 1 aromatic heterocycles. The van der Waals surface area contributed by atoms with Crippen LogP contribution in [0.25, 0.3) is 5.69 Å². The van der Waals surface area contributed by atoms with E-state index in [4.69, 9.17) is 9.47 Å². The van der Waals surface area contributed by atoms with Crippen molar-refractivity contribution >= 4 is 30.1 Å². The molecule has 3 amide bonds. The van der Waals surface area contributed by atoms with Crippen molar-refractivity contribution in [2.75, 3.05) is 31.2 Å². The van der Waals surface area contributed by atoms with Gasteiger partial charge in [0, 0.05) is 37.0 Å². The van der Waals surface area contributed by atoms with Crippen LogP contribution < -0.4 is 36.9 Å². The number of anilines is 1. The number of rotatable bonds is 12. The number of aliphatic hydroxyl groups is 1. The van der Waals surface area contributed by atoms with E-state index in [1.165, 1.54) is 28.9 Å². The summed E-state index contributed by atoms with van der Waals surface area (Å²) in [6, 6.07) is 11.6. The van der Waals surface area contributed by atoms with Gasteiger partial charge in [-0.15, -0.1) is 5.10 Å². The topological polar surface area (TPSA) is 172 Å². The quantitative estimate of drug-likeness (QED) is 0.132. The van der Waals surface area contributed by atoms with E-state index in [0.29, 0.717) is 46.3 Å². The van der Waals surface area contributed by atoms with Crippen LogP contribution in [0.4, 0.5) is 24.1 Å². The number of urea groups is 1. The highest BCUT2D eigenvalue weighted by Gasteiger charge is 2.49. The van der Waals surface area contributed by atoms with E-state index >= 15 is 4.39 Å². The lowest BCUT2D eigenvalue weighted by Gasteiger charge is -2.39. The van der Waals surface area contributed by atoms with Crippen LogP contribution in [0.2, 0.25) is 0 Å². The standard InChI is InChI=1S/C39H46F2N10O6.BrH/c1-24-16-28(17-25(2)34(24)56-35(52)26(3)44-36(53)57-38(5,6)7)19-47-22-43-48(23-47)20-39(55,32-13-8-29(40)18-33(32)41)27(4)49-14-15-50(37(49)54)30-9-11-31(12-10-30)51-21-42-45-46-51;/h8-13,16-18,21-22,26-27,55H,14-15,19-20,23H2,1-7H3,(H,44,53);1H/t26-,27+,39+;/m0./s1. The van der Waals surface area contributed by atoms with Crippen LogP contribution in [0, 0.1) is 25.5 Å². The highest BCUT2D eigenvalue weighted by Crippen LogP contribution is 2.34. The Morgan fingerprint density at radius 2 is 1.67 bits per heavy atom. The summed E-state index contributed by atoms with van der Waals surface area (Å²) in [5, 5.41) is 31.2. The predicted molar refractivity (Wildman–Crippen MR) is 203 cm³/mol. The van der Waals surface area contributed by atoms with Crippen molar-refractivity contribution < 1.29 is 59.7 Å². The molecule has 6 rings (SSSR count). The second-order valence-electron chi connectivity index (χ2n) is 15.4. The molecule has 0 saturated carbocycles. The zero-order valence-electron chi connectivity index (χ0n) is 33.2. The second-order valence-corrected chi connectivity index (χ2v) is 15.4. The summed E-state index contributed by atoms with van der Waals surface area (Å²) in [4.78, 5) is 43.8. The molecule has 1 unspecified atom stereocenters. The molecule has 4 atom stereocenters. The molecule has 0 spiro atoms. The van der Waals surface area contributed by atoms with Crippen LogP contribution in [0.5, 0.6) is 5.75 Å². The monoisotopic (exact) mass is 868 g/mol. The Kier molecular flexibility index (Phi) is 13.2. The van der Waals surface area contributed by atoms with Gasteiger partial charge in [-0.05, 0) is 112 Å². The smallest absolute Gasteiger partial charge is 0.408 e. The van der Waals surface area contributed by atoms with E-state index in [9.17, 15) is 23.9 Å². The summed E-state index contributed by atoms with van der Waals surface area (Å²) >= 11 is 0. The molecule has 0 aliphatic carbocycles. The number of esters is 1. The summed E-state index contributed by atoms with van der Waals surface area (Å²) < 4.78 is 42.0. The lowest BCUT2D eigenvalue weighted by atomic mass is 9.85. The Bertz CT molecular complexity index is 2130. The van der Waals surface area contributed by atoms with Crippen molar-refractivity contribution in [1.82, 2.24) is 35.3 Å². The number of aryl methyl sites for hydroxylation is 2. The molecule has 3 aromatic carbocycles. The zero-order valence-corrected chi connectivity index (χ0v) is 34.8. The summed E-state index contributed by atoms with van der Waals surface area (Å²) in [7, 11) is 0. The third kappa shape index (κ3) is 9.76. The van der Waals surface area contributed by atoms with Crippen molar-refractivity contribution in [3.05, 3.63) is 94.8 Å². The number of nitrogens with one attached hydrogen (secondary N) is 2. The van der Waals surface area contributed by atoms with Crippen LogP contribution in [0.1, 0.15) is 56.9 Å². The van der Waals surface area contributed by atoms with Gasteiger partial charge in [-0.1, -0.05) is 17.2 Å². The average Bonchev–Trinajstić information content (AvgIpc) is 3.91. The number of amides is 3. The molecule has 4 aromatic rings. The second kappa shape index (κ2) is 17.5. The molecule has 19 heteroatoms. The molecule has 16 nitrogen and oxygen atoms in total. The average molecular weight is 870 g/mol. The van der Waals surface area contributed by atoms with Gasteiger partial charge < -0.3 is 46.7 Å². The fraction of sp³-hybridized carbons (Fsp3) is 0.410. The number of hydrogen-bond acceptors (Lipinski definition) is 11. The van der Waals surface area contributed by atoms with Crippen LogP contribution in [0.15, 0.2) is 66.0 Å². The molecular formula is C39H47BrF2N10O6. The minimum atomic E-state index is -1.98. The molecule has 0 radical (unpaired) electrons. The Hall–Kier alpha value is -5.53. The van der Waals surface area contributed by atoms with Crippen molar-refractivity contribution in [3.63, 3.8) is 0 Å². The van der Waals surface area contributed by atoms with Crippen LogP contribution in [-0.2, 0) is 21.7 Å². The largest absolute Gasteiger partial charge is 1.00 e. The van der Waals surface area contributed by atoms with Gasteiger partial charge in [0.2, 0.25) is 0 Å². The van der Waals surface area contributed by atoms with E-state index in [1.807, 2.05) is 30.9 Å². The number of hydrogen-bond donors (Lipinski definition) is 3. The van der Waals surface area contributed by atoms with Crippen LogP contribution in [-0.4, -0.2) is 104 Å². The maximum Gasteiger partial charge on any atom is 0.408 e. The predicted octanol–water partition coefficient (Wildman–Crippen LogP) is 0.200. The third-order valence-electron chi connectivity index (χ3n) is 9.83. The number of carbonyl (C=O) groups is 3. The molecule has 1 saturated heterocycles. The lowest BCUT2D eigenvalue weighted by Crippen LogP contribution is -3.09. The van der Waals surface area contributed by atoms with Crippen molar-refractivity contribution in [2.24, 2.45) is 5.10 Å². The third-order valence-corrected chi connectivity index (χ3v) is 9.83. The van der Waals surface area contributed by atoms with Crippen LogP contribution in [0.3, 0.4) is 0 Å². The number of ether oxygens (including phenoxy) is 2. The van der Waals surface area contributed by atoms with Gasteiger partial charge in [0.1, 0.15) is 41.9 Å². The SMILES string of the molecule is Cc1cc(CN2C=N[NH+](C[C@](O)(c3ccc(F)cc3F)[C@@H](C)N3CCN(c4ccc(-n5cnnn5)cc4)C3=O)C2)cc(C)c1OC(=O)[C@H](C)NC(=O)OC(C)(C)C.[Br-]. The van der Waals surface area contributed by atoms with Gasteiger partial charge in [-0.25, -0.2) is 27.8 Å². The summed E-state index contributed by atoms with van der Waals surface area (Å²) in [6.07, 6.45) is 2.36. The molecule has 2 aliphatic heterocycles. The molecule has 58 heavy (non-hydrogen) atoms. The summed E-state index contributed by atoms with van der Waals surface area (Å²) in [6.45, 7) is 13.1. The van der Waals surface area contributed by atoms with Crippen molar-refractivity contribution in [1.29, 1.82) is 0 Å². The number of quaternary nitrogens is 1. The Labute approximate surface area is 345 Å². The molecule has 0 bridgehead atoms. The van der Waals surface area contributed by atoms with E-state index in [-0.39, 0.29) is 48.3 Å². The molecule has 3 heterocycles. The Balaban J connectivity index is 0.00000641.